The van der Waals surface area contributed by atoms with Gasteiger partial charge in [0.15, 0.2) is 0 Å². The minimum Gasteiger partial charge on any atom is -0.469 e. The number of pyridine rings is 1. The summed E-state index contributed by atoms with van der Waals surface area (Å²) in [5.74, 6) is 1.49. The molecule has 6 aromatic carbocycles. The van der Waals surface area contributed by atoms with E-state index in [4.69, 9.17) is 4.74 Å². The number of fused-ring (bicyclic) bond motifs is 3. The summed E-state index contributed by atoms with van der Waals surface area (Å²) in [6.45, 7) is 3.48. The van der Waals surface area contributed by atoms with Gasteiger partial charge in [-0.3, -0.25) is 9.69 Å². The first-order valence-corrected chi connectivity index (χ1v) is 24.0. The van der Waals surface area contributed by atoms with Crippen LogP contribution in [-0.4, -0.2) is 41.4 Å². The Morgan fingerprint density at radius 3 is 1.33 bits per heavy atom. The Bertz CT molecular complexity index is 2260. The number of rotatable bonds is 8. The van der Waals surface area contributed by atoms with Crippen LogP contribution in [0.2, 0.25) is 0 Å². The Kier molecular flexibility index (Phi) is 12.9. The molecule has 1 aromatic heterocycles. The van der Waals surface area contributed by atoms with Gasteiger partial charge in [0, 0.05) is 37.1 Å². The van der Waals surface area contributed by atoms with E-state index in [-0.39, 0.29) is 5.60 Å². The number of aldehydes is 1. The SMILES string of the molecule is O=CC1=CC=C(c2cnc3c(c2)C[C@@]2(CN4CCC2CC4)O3)C1.c1ccc(P(c2ccccc2)c2ccccc2)cc1.c1ccc(P(c2ccccc2)c2ccccc2)cc1. The Labute approximate surface area is 363 Å². The second kappa shape index (κ2) is 19.3. The van der Waals surface area contributed by atoms with Gasteiger partial charge in [-0.15, -0.1) is 0 Å². The molecule has 7 aromatic rings. The van der Waals surface area contributed by atoms with Gasteiger partial charge in [-0.1, -0.05) is 194 Å². The number of carbonyl (C=O) groups excluding carboxylic acids is 1. The first-order chi connectivity index (χ1) is 30.2. The molecule has 1 atom stereocenters. The maximum absolute atomic E-state index is 10.9. The van der Waals surface area contributed by atoms with Crippen molar-refractivity contribution in [3.63, 3.8) is 0 Å². The summed E-state index contributed by atoms with van der Waals surface area (Å²) in [4.78, 5) is 18.0. The van der Waals surface area contributed by atoms with Crippen LogP contribution in [0.25, 0.3) is 5.57 Å². The van der Waals surface area contributed by atoms with Gasteiger partial charge in [-0.2, -0.15) is 0 Å². The zero-order chi connectivity index (χ0) is 41.3. The van der Waals surface area contributed by atoms with Gasteiger partial charge in [0.2, 0.25) is 5.88 Å². The summed E-state index contributed by atoms with van der Waals surface area (Å²) < 4.78 is 6.39. The number of allylic oxidation sites excluding steroid dienone is 4. The maximum atomic E-state index is 10.9. The Balaban J connectivity index is 0.000000118. The maximum Gasteiger partial charge on any atom is 0.217 e. The van der Waals surface area contributed by atoms with E-state index in [1.165, 1.54) is 68.9 Å². The fraction of sp³-hybridized carbons (Fsp3) is 0.164. The molecule has 3 saturated heterocycles. The number of hydrogen-bond donors (Lipinski definition) is 0. The lowest BCUT2D eigenvalue weighted by atomic mass is 9.73. The van der Waals surface area contributed by atoms with Crippen LogP contribution in [0, 0.1) is 5.92 Å². The highest BCUT2D eigenvalue weighted by Gasteiger charge is 2.52. The topological polar surface area (TPSA) is 42.4 Å². The van der Waals surface area contributed by atoms with Crippen LogP contribution < -0.4 is 36.6 Å². The van der Waals surface area contributed by atoms with E-state index in [1.807, 2.05) is 18.3 Å². The second-order valence-corrected chi connectivity index (χ2v) is 20.4. The molecule has 6 heteroatoms. The Morgan fingerprint density at radius 2 is 0.984 bits per heavy atom. The summed E-state index contributed by atoms with van der Waals surface area (Å²) in [5.41, 5.74) is 4.33. The monoisotopic (exact) mass is 832 g/mol. The lowest BCUT2D eigenvalue weighted by Gasteiger charge is -2.50. The molecule has 302 valence electrons. The fourth-order valence-corrected chi connectivity index (χ4v) is 13.7. The van der Waals surface area contributed by atoms with E-state index in [1.54, 1.807) is 0 Å². The minimum absolute atomic E-state index is 0.0410. The van der Waals surface area contributed by atoms with Crippen LogP contribution in [0.5, 0.6) is 5.88 Å². The molecule has 5 aliphatic rings. The standard InChI is InChI=1S/C19H20N2O2.2C18H15P/c22-11-13-1-2-14(7-13)16-8-15-9-19(23-18(15)20-10-16)12-21-5-3-17(19)4-6-21;2*1-4-10-16(11-5-1)19(17-12-6-2-7-13-17)18-14-8-3-9-15-18/h1-2,8,10-11,17H,3-7,9,12H2;2*1-15H/t19-;;/m0../s1. The summed E-state index contributed by atoms with van der Waals surface area (Å²) in [6, 6.07) is 66.9. The van der Waals surface area contributed by atoms with Crippen molar-refractivity contribution in [2.24, 2.45) is 5.92 Å². The van der Waals surface area contributed by atoms with E-state index >= 15 is 0 Å². The fourth-order valence-electron chi connectivity index (χ4n) is 9.07. The van der Waals surface area contributed by atoms with Gasteiger partial charge >= 0.3 is 0 Å². The van der Waals surface area contributed by atoms with Crippen LogP contribution in [-0.2, 0) is 11.2 Å². The Morgan fingerprint density at radius 1 is 0.574 bits per heavy atom. The highest BCUT2D eigenvalue weighted by molar-refractivity contribution is 7.80. The number of benzene rings is 6. The first-order valence-electron chi connectivity index (χ1n) is 21.3. The van der Waals surface area contributed by atoms with E-state index in [0.29, 0.717) is 12.3 Å². The van der Waals surface area contributed by atoms with Crippen LogP contribution in [0.3, 0.4) is 0 Å². The molecule has 0 amide bonds. The second-order valence-electron chi connectivity index (χ2n) is 16.0. The van der Waals surface area contributed by atoms with Gasteiger partial charge in [-0.05, 0) is 96.4 Å². The van der Waals surface area contributed by atoms with Crippen molar-refractivity contribution in [2.45, 2.75) is 31.3 Å². The molecular formula is C55H50N2O2P2. The molecule has 4 nitrogen and oxygen atoms in total. The van der Waals surface area contributed by atoms with Crippen molar-refractivity contribution in [1.82, 2.24) is 9.88 Å². The number of nitrogens with zero attached hydrogens (tertiary/aromatic N) is 2. The number of hydrogen-bond acceptors (Lipinski definition) is 4. The van der Waals surface area contributed by atoms with Crippen LogP contribution in [0.1, 0.15) is 30.4 Å². The smallest absolute Gasteiger partial charge is 0.217 e. The molecule has 2 bridgehead atoms. The molecule has 1 spiro atoms. The normalized spacial score (nSPS) is 19.4. The van der Waals surface area contributed by atoms with Gasteiger partial charge in [0.1, 0.15) is 11.9 Å². The van der Waals surface area contributed by atoms with Crippen molar-refractivity contribution in [1.29, 1.82) is 0 Å². The van der Waals surface area contributed by atoms with Gasteiger partial charge in [0.25, 0.3) is 0 Å². The highest BCUT2D eigenvalue weighted by atomic mass is 31.1. The molecule has 1 aliphatic carbocycles. The zero-order valence-electron chi connectivity index (χ0n) is 34.3. The summed E-state index contributed by atoms with van der Waals surface area (Å²) in [5, 5.41) is 8.39. The van der Waals surface area contributed by atoms with Gasteiger partial charge < -0.3 is 4.74 Å². The molecule has 5 heterocycles. The van der Waals surface area contributed by atoms with Crippen molar-refractivity contribution in [3.8, 4) is 5.88 Å². The molecule has 61 heavy (non-hydrogen) atoms. The largest absolute Gasteiger partial charge is 0.469 e. The summed E-state index contributed by atoms with van der Waals surface area (Å²) in [6.07, 6.45) is 11.0. The van der Waals surface area contributed by atoms with E-state index in [2.05, 4.69) is 198 Å². The van der Waals surface area contributed by atoms with E-state index in [0.717, 1.165) is 36.3 Å². The van der Waals surface area contributed by atoms with Crippen LogP contribution in [0.4, 0.5) is 0 Å². The van der Waals surface area contributed by atoms with Crippen molar-refractivity contribution >= 4 is 59.5 Å². The van der Waals surface area contributed by atoms with E-state index in [9.17, 15) is 4.79 Å². The predicted octanol–water partition coefficient (Wildman–Crippen LogP) is 9.28. The van der Waals surface area contributed by atoms with Crippen LogP contribution in [0.15, 0.2) is 212 Å². The van der Waals surface area contributed by atoms with Crippen molar-refractivity contribution in [3.05, 3.63) is 223 Å². The van der Waals surface area contributed by atoms with Crippen molar-refractivity contribution in [2.75, 3.05) is 19.6 Å². The quantitative estimate of drug-likeness (QED) is 0.113. The molecule has 0 unspecified atom stereocenters. The minimum atomic E-state index is -0.446. The van der Waals surface area contributed by atoms with Gasteiger partial charge in [-0.25, -0.2) is 4.98 Å². The Hall–Kier alpha value is -5.76. The first kappa shape index (κ1) is 40.6. The average Bonchev–Trinajstić information content (AvgIpc) is 3.97. The number of ether oxygens (including phenoxy) is 1. The lowest BCUT2D eigenvalue weighted by Crippen LogP contribution is -2.61. The number of aromatic nitrogens is 1. The third-order valence-corrected chi connectivity index (χ3v) is 16.9. The lowest BCUT2D eigenvalue weighted by molar-refractivity contribution is -0.104. The predicted molar refractivity (Wildman–Crippen MR) is 258 cm³/mol. The molecule has 12 rings (SSSR count). The van der Waals surface area contributed by atoms with Gasteiger partial charge in [0.05, 0.1) is 0 Å². The molecule has 3 fully saturated rings. The molecule has 4 aliphatic heterocycles. The summed E-state index contributed by atoms with van der Waals surface area (Å²) >= 11 is 0. The highest BCUT2D eigenvalue weighted by Crippen LogP contribution is 2.46. The van der Waals surface area contributed by atoms with Crippen LogP contribution >= 0.6 is 15.8 Å². The third-order valence-electron chi connectivity index (χ3n) is 12.0. The van der Waals surface area contributed by atoms with E-state index < -0.39 is 15.8 Å². The average molecular weight is 833 g/mol. The number of carbonyl (C=O) groups is 1. The summed E-state index contributed by atoms with van der Waals surface area (Å²) in [7, 11) is -0.892. The zero-order valence-corrected chi connectivity index (χ0v) is 36.1. The van der Waals surface area contributed by atoms with Crippen molar-refractivity contribution < 1.29 is 9.53 Å². The molecule has 0 radical (unpaired) electrons. The molecular weight excluding hydrogens is 783 g/mol. The molecule has 0 saturated carbocycles. The number of piperidine rings is 3. The molecule has 0 N–H and O–H groups in total. The third kappa shape index (κ3) is 9.44.